The van der Waals surface area contributed by atoms with Crippen LogP contribution in [0.15, 0.2) is 53.5 Å². The van der Waals surface area contributed by atoms with Crippen LogP contribution in [0.4, 0.5) is 0 Å². The third-order valence-electron chi connectivity index (χ3n) is 5.66. The number of nitrogens with zero attached hydrogens (tertiary/aromatic N) is 8. The second-order valence-corrected chi connectivity index (χ2v) is 9.13. The Kier molecular flexibility index (Phi) is 5.99. The number of tetrazole rings is 1. The molecule has 0 fully saturated rings. The number of hydrogen-bond donors (Lipinski definition) is 0. The Morgan fingerprint density at radius 2 is 2.00 bits per heavy atom. The molecule has 0 saturated carbocycles. The van der Waals surface area contributed by atoms with Crippen molar-refractivity contribution in [3.05, 3.63) is 75.5 Å². The van der Waals surface area contributed by atoms with Gasteiger partial charge >= 0.3 is 0 Å². The molecule has 5 aromatic rings. The number of halogens is 2. The van der Waals surface area contributed by atoms with Crippen molar-refractivity contribution in [1.82, 2.24) is 39.3 Å². The minimum Gasteiger partial charge on any atom is -0.308 e. The lowest BCUT2D eigenvalue weighted by Gasteiger charge is -2.14. The summed E-state index contributed by atoms with van der Waals surface area (Å²) in [5, 5.41) is 12.1. The highest BCUT2D eigenvalue weighted by molar-refractivity contribution is 9.10. The van der Waals surface area contributed by atoms with Gasteiger partial charge in [-0.15, -0.1) is 5.10 Å². The highest BCUT2D eigenvalue weighted by atomic mass is 79.9. The van der Waals surface area contributed by atoms with Crippen molar-refractivity contribution in [2.24, 2.45) is 0 Å². The van der Waals surface area contributed by atoms with Gasteiger partial charge in [-0.3, -0.25) is 4.57 Å². The van der Waals surface area contributed by atoms with Crippen molar-refractivity contribution >= 4 is 38.7 Å². The minimum absolute atomic E-state index is 0.627. The second kappa shape index (κ2) is 9.07. The third-order valence-corrected chi connectivity index (χ3v) is 6.58. The molecule has 0 atom stereocenters. The smallest absolute Gasteiger partial charge is 0.160 e. The summed E-state index contributed by atoms with van der Waals surface area (Å²) >= 11 is 10.4. The van der Waals surface area contributed by atoms with Gasteiger partial charge in [-0.25, -0.2) is 9.97 Å². The standard InChI is InChI=1S/C23H22BrClN8/c1-3-4-5-20-28-22-15(2)10-11-26-23(22)31(20)13-16-6-7-18(17(25)12-16)33-19(24)8-9-21(33)32-14-27-29-30-32/h6-12,14H,3-5,13H2,1-2H3. The van der Waals surface area contributed by atoms with Gasteiger partial charge in [0.1, 0.15) is 23.5 Å². The molecule has 0 radical (unpaired) electrons. The van der Waals surface area contributed by atoms with Crippen molar-refractivity contribution < 1.29 is 0 Å². The number of pyridine rings is 1. The summed E-state index contributed by atoms with van der Waals surface area (Å²) in [5.74, 6) is 1.84. The number of aromatic nitrogens is 8. The number of fused-ring (bicyclic) bond motifs is 1. The first-order valence-electron chi connectivity index (χ1n) is 10.8. The van der Waals surface area contributed by atoms with E-state index in [0.717, 1.165) is 63.5 Å². The van der Waals surface area contributed by atoms with Crippen molar-refractivity contribution in [2.75, 3.05) is 0 Å². The minimum atomic E-state index is 0.627. The first-order chi connectivity index (χ1) is 16.1. The van der Waals surface area contributed by atoms with Gasteiger partial charge < -0.3 is 4.57 Å². The molecule has 0 bridgehead atoms. The Morgan fingerprint density at radius 1 is 1.12 bits per heavy atom. The molecule has 0 saturated heterocycles. The highest BCUT2D eigenvalue weighted by Gasteiger charge is 2.17. The lowest BCUT2D eigenvalue weighted by atomic mass is 10.2. The highest BCUT2D eigenvalue weighted by Crippen LogP contribution is 2.30. The van der Waals surface area contributed by atoms with Crippen LogP contribution in [-0.4, -0.2) is 39.3 Å². The Bertz CT molecular complexity index is 1420. The largest absolute Gasteiger partial charge is 0.308 e. The number of rotatable bonds is 7. The number of aryl methyl sites for hydroxylation is 2. The van der Waals surface area contributed by atoms with Gasteiger partial charge in [-0.2, -0.15) is 4.68 Å². The molecule has 0 spiro atoms. The number of imidazole rings is 1. The Morgan fingerprint density at radius 3 is 2.76 bits per heavy atom. The molecule has 33 heavy (non-hydrogen) atoms. The third kappa shape index (κ3) is 4.06. The molecule has 0 amide bonds. The molecular weight excluding hydrogens is 504 g/mol. The maximum Gasteiger partial charge on any atom is 0.160 e. The summed E-state index contributed by atoms with van der Waals surface area (Å²) < 4.78 is 6.62. The molecule has 8 nitrogen and oxygen atoms in total. The zero-order chi connectivity index (χ0) is 22.9. The van der Waals surface area contributed by atoms with E-state index in [1.165, 1.54) is 0 Å². The molecule has 0 unspecified atom stereocenters. The first kappa shape index (κ1) is 21.8. The number of unbranched alkanes of at least 4 members (excludes halogenated alkanes) is 1. The van der Waals surface area contributed by atoms with Crippen LogP contribution in [0.1, 0.15) is 36.7 Å². The van der Waals surface area contributed by atoms with E-state index < -0.39 is 0 Å². The molecule has 0 aliphatic heterocycles. The molecule has 0 aliphatic rings. The van der Waals surface area contributed by atoms with Crippen LogP contribution in [0.3, 0.4) is 0 Å². The maximum absolute atomic E-state index is 6.79. The molecule has 10 heteroatoms. The van der Waals surface area contributed by atoms with Gasteiger partial charge in [-0.1, -0.05) is 31.0 Å². The van der Waals surface area contributed by atoms with Crippen molar-refractivity contribution in [3.63, 3.8) is 0 Å². The molecule has 168 valence electrons. The lowest BCUT2D eigenvalue weighted by Crippen LogP contribution is -2.08. The zero-order valence-electron chi connectivity index (χ0n) is 18.3. The predicted molar refractivity (Wildman–Crippen MR) is 131 cm³/mol. The van der Waals surface area contributed by atoms with E-state index in [0.29, 0.717) is 11.6 Å². The van der Waals surface area contributed by atoms with Gasteiger partial charge in [0, 0.05) is 12.6 Å². The fraction of sp³-hybridized carbons (Fsp3) is 0.261. The van der Waals surface area contributed by atoms with E-state index in [4.69, 9.17) is 16.6 Å². The number of benzene rings is 1. The van der Waals surface area contributed by atoms with Crippen LogP contribution in [0.5, 0.6) is 0 Å². The average molecular weight is 526 g/mol. The first-order valence-corrected chi connectivity index (χ1v) is 11.9. The van der Waals surface area contributed by atoms with E-state index in [1.54, 1.807) is 11.0 Å². The lowest BCUT2D eigenvalue weighted by molar-refractivity contribution is 0.686. The topological polar surface area (TPSA) is 79.2 Å². The molecule has 0 N–H and O–H groups in total. The van der Waals surface area contributed by atoms with Crippen LogP contribution in [0, 0.1) is 6.92 Å². The summed E-state index contributed by atoms with van der Waals surface area (Å²) in [4.78, 5) is 9.55. The Hall–Kier alpha value is -3.04. The predicted octanol–water partition coefficient (Wildman–Crippen LogP) is 5.31. The Labute approximate surface area is 204 Å². The van der Waals surface area contributed by atoms with Gasteiger partial charge in [0.15, 0.2) is 5.65 Å². The zero-order valence-corrected chi connectivity index (χ0v) is 20.6. The molecule has 4 aromatic heterocycles. The second-order valence-electron chi connectivity index (χ2n) is 7.91. The number of hydrogen-bond acceptors (Lipinski definition) is 5. The van der Waals surface area contributed by atoms with E-state index >= 15 is 0 Å². The van der Waals surface area contributed by atoms with Crippen LogP contribution < -0.4 is 0 Å². The summed E-state index contributed by atoms with van der Waals surface area (Å²) in [6.07, 6.45) is 6.52. The van der Waals surface area contributed by atoms with Crippen LogP contribution in [-0.2, 0) is 13.0 Å². The summed E-state index contributed by atoms with van der Waals surface area (Å²) in [7, 11) is 0. The van der Waals surface area contributed by atoms with E-state index in [1.807, 2.05) is 41.1 Å². The van der Waals surface area contributed by atoms with Crippen molar-refractivity contribution in [1.29, 1.82) is 0 Å². The van der Waals surface area contributed by atoms with Gasteiger partial charge in [0.2, 0.25) is 0 Å². The summed E-state index contributed by atoms with van der Waals surface area (Å²) in [6, 6.07) is 12.0. The molecule has 1 aromatic carbocycles. The summed E-state index contributed by atoms with van der Waals surface area (Å²) in [6.45, 7) is 4.92. The van der Waals surface area contributed by atoms with Crippen molar-refractivity contribution in [2.45, 2.75) is 39.7 Å². The van der Waals surface area contributed by atoms with E-state index in [2.05, 4.69) is 60.9 Å². The maximum atomic E-state index is 6.79. The fourth-order valence-corrected chi connectivity index (χ4v) is 4.77. The summed E-state index contributed by atoms with van der Waals surface area (Å²) in [5.41, 5.74) is 4.93. The quantitative estimate of drug-likeness (QED) is 0.288. The van der Waals surface area contributed by atoms with Gasteiger partial charge in [0.05, 0.1) is 21.9 Å². The van der Waals surface area contributed by atoms with E-state index in [-0.39, 0.29) is 0 Å². The van der Waals surface area contributed by atoms with Crippen LogP contribution in [0.2, 0.25) is 5.02 Å². The molecule has 4 heterocycles. The van der Waals surface area contributed by atoms with Gasteiger partial charge in [0.25, 0.3) is 0 Å². The van der Waals surface area contributed by atoms with Crippen molar-refractivity contribution in [3.8, 4) is 11.5 Å². The van der Waals surface area contributed by atoms with E-state index in [9.17, 15) is 0 Å². The monoisotopic (exact) mass is 524 g/mol. The molecule has 5 rings (SSSR count). The van der Waals surface area contributed by atoms with Crippen LogP contribution in [0.25, 0.3) is 22.7 Å². The SMILES string of the molecule is CCCCc1nc2c(C)ccnc2n1Cc1ccc(-n2c(Br)ccc2-n2cnnn2)c(Cl)c1. The molecular formula is C23H22BrClN8. The fourth-order valence-electron chi connectivity index (χ4n) is 3.97. The van der Waals surface area contributed by atoms with Gasteiger partial charge in [-0.05, 0) is 81.2 Å². The normalized spacial score (nSPS) is 11.5. The molecule has 0 aliphatic carbocycles. The average Bonchev–Trinajstić information content (AvgIpc) is 3.53. The van der Waals surface area contributed by atoms with Crippen LogP contribution >= 0.6 is 27.5 Å². The Balaban J connectivity index is 1.53.